The maximum atomic E-state index is 12.2. The molecule has 1 aliphatic carbocycles. The van der Waals surface area contributed by atoms with Crippen LogP contribution in [0.4, 0.5) is 0 Å². The third-order valence-electron chi connectivity index (χ3n) is 4.86. The first kappa shape index (κ1) is 11.5. The van der Waals surface area contributed by atoms with Crippen LogP contribution in [0.15, 0.2) is 0 Å². The Morgan fingerprint density at radius 1 is 1.29 bits per heavy atom. The van der Waals surface area contributed by atoms with Crippen LogP contribution in [-0.2, 0) is 4.79 Å². The Kier molecular flexibility index (Phi) is 3.09. The highest BCUT2D eigenvalue weighted by Gasteiger charge is 2.43. The van der Waals surface area contributed by atoms with Crippen molar-refractivity contribution in [3.05, 3.63) is 0 Å². The zero-order chi connectivity index (χ0) is 11.8. The third kappa shape index (κ3) is 2.08. The normalized spacial score (nSPS) is 44.2. The topological polar surface area (TPSA) is 61.4 Å². The lowest BCUT2D eigenvalue weighted by Gasteiger charge is -2.24. The van der Waals surface area contributed by atoms with Crippen molar-refractivity contribution in [1.29, 1.82) is 0 Å². The van der Waals surface area contributed by atoms with Crippen molar-refractivity contribution < 1.29 is 9.90 Å². The van der Waals surface area contributed by atoms with Crippen LogP contribution in [0.25, 0.3) is 0 Å². The first-order valence-electron chi connectivity index (χ1n) is 6.95. The Bertz CT molecular complexity index is 308. The summed E-state index contributed by atoms with van der Waals surface area (Å²) in [7, 11) is 0. The molecule has 0 spiro atoms. The van der Waals surface area contributed by atoms with Gasteiger partial charge in [-0.3, -0.25) is 4.79 Å². The second-order valence-corrected chi connectivity index (χ2v) is 5.88. The molecule has 17 heavy (non-hydrogen) atoms. The van der Waals surface area contributed by atoms with Gasteiger partial charge in [-0.05, 0) is 32.1 Å². The molecule has 3 aliphatic rings. The molecule has 0 aromatic rings. The molecule has 0 aromatic carbocycles. The number of nitrogens with one attached hydrogen (secondary N) is 2. The van der Waals surface area contributed by atoms with Gasteiger partial charge in [0.2, 0.25) is 5.91 Å². The van der Waals surface area contributed by atoms with Crippen LogP contribution in [0.1, 0.15) is 38.5 Å². The standard InChI is InChI=1S/C13H22N2O2/c16-7-8-2-1-3-11(8)15-13(17)10-6-9-4-5-12(10)14-9/h8-12,14,16H,1-7H2,(H,15,17). The molecule has 4 heteroatoms. The van der Waals surface area contributed by atoms with E-state index in [9.17, 15) is 9.90 Å². The van der Waals surface area contributed by atoms with Gasteiger partial charge in [-0.25, -0.2) is 0 Å². The van der Waals surface area contributed by atoms with E-state index < -0.39 is 0 Å². The molecule has 2 aliphatic heterocycles. The van der Waals surface area contributed by atoms with Gasteiger partial charge in [-0.15, -0.1) is 0 Å². The summed E-state index contributed by atoms with van der Waals surface area (Å²) < 4.78 is 0. The molecule has 2 bridgehead atoms. The fourth-order valence-electron chi connectivity index (χ4n) is 3.85. The molecular formula is C13H22N2O2. The van der Waals surface area contributed by atoms with E-state index in [4.69, 9.17) is 0 Å². The summed E-state index contributed by atoms with van der Waals surface area (Å²) in [6.45, 7) is 0.208. The van der Waals surface area contributed by atoms with Crippen molar-refractivity contribution in [3.63, 3.8) is 0 Å². The van der Waals surface area contributed by atoms with E-state index in [2.05, 4.69) is 10.6 Å². The molecule has 3 rings (SSSR count). The summed E-state index contributed by atoms with van der Waals surface area (Å²) in [6.07, 6.45) is 6.60. The van der Waals surface area contributed by atoms with Crippen LogP contribution in [0.5, 0.6) is 0 Å². The fraction of sp³-hybridized carbons (Fsp3) is 0.923. The maximum Gasteiger partial charge on any atom is 0.224 e. The highest BCUT2D eigenvalue weighted by molar-refractivity contribution is 5.80. The van der Waals surface area contributed by atoms with Crippen LogP contribution in [0.3, 0.4) is 0 Å². The van der Waals surface area contributed by atoms with E-state index >= 15 is 0 Å². The van der Waals surface area contributed by atoms with Gasteiger partial charge in [0.15, 0.2) is 0 Å². The number of hydrogen-bond acceptors (Lipinski definition) is 3. The van der Waals surface area contributed by atoms with Crippen LogP contribution < -0.4 is 10.6 Å². The van der Waals surface area contributed by atoms with Crippen molar-refractivity contribution in [2.45, 2.75) is 56.7 Å². The van der Waals surface area contributed by atoms with Crippen LogP contribution in [0, 0.1) is 11.8 Å². The minimum absolute atomic E-state index is 0.175. The SMILES string of the molecule is O=C(NC1CCCC1CO)C1CC2CCC1N2. The molecule has 5 unspecified atom stereocenters. The predicted octanol–water partition coefficient (Wildman–Crippen LogP) is 0.404. The highest BCUT2D eigenvalue weighted by atomic mass is 16.3. The van der Waals surface area contributed by atoms with E-state index in [1.165, 1.54) is 6.42 Å². The van der Waals surface area contributed by atoms with Gasteiger partial charge in [-0.2, -0.15) is 0 Å². The van der Waals surface area contributed by atoms with Crippen molar-refractivity contribution in [1.82, 2.24) is 10.6 Å². The van der Waals surface area contributed by atoms with Gasteiger partial charge in [0.05, 0.1) is 5.92 Å². The number of carbonyl (C=O) groups excluding carboxylic acids is 1. The van der Waals surface area contributed by atoms with Gasteiger partial charge in [0, 0.05) is 30.7 Å². The zero-order valence-electron chi connectivity index (χ0n) is 10.2. The quantitative estimate of drug-likeness (QED) is 0.667. The fourth-order valence-corrected chi connectivity index (χ4v) is 3.85. The molecule has 0 radical (unpaired) electrons. The van der Waals surface area contributed by atoms with Gasteiger partial charge in [0.1, 0.15) is 0 Å². The third-order valence-corrected chi connectivity index (χ3v) is 4.86. The molecule has 2 saturated heterocycles. The van der Waals surface area contributed by atoms with Crippen LogP contribution in [-0.4, -0.2) is 35.7 Å². The number of carbonyl (C=O) groups is 1. The number of aliphatic hydroxyl groups excluding tert-OH is 1. The monoisotopic (exact) mass is 238 g/mol. The van der Waals surface area contributed by atoms with Crippen molar-refractivity contribution >= 4 is 5.91 Å². The maximum absolute atomic E-state index is 12.2. The van der Waals surface area contributed by atoms with E-state index in [1.807, 2.05) is 0 Å². The summed E-state index contributed by atoms with van der Waals surface area (Å²) in [5.74, 6) is 0.675. The molecule has 3 fully saturated rings. The lowest BCUT2D eigenvalue weighted by molar-refractivity contribution is -0.126. The minimum Gasteiger partial charge on any atom is -0.396 e. The van der Waals surface area contributed by atoms with Crippen molar-refractivity contribution in [2.75, 3.05) is 6.61 Å². The molecule has 2 heterocycles. The number of aliphatic hydroxyl groups is 1. The zero-order valence-corrected chi connectivity index (χ0v) is 10.2. The van der Waals surface area contributed by atoms with E-state index in [1.54, 1.807) is 0 Å². The molecule has 1 amide bonds. The predicted molar refractivity (Wildman–Crippen MR) is 64.4 cm³/mol. The second-order valence-electron chi connectivity index (χ2n) is 5.88. The molecule has 3 N–H and O–H groups in total. The number of hydrogen-bond donors (Lipinski definition) is 3. The van der Waals surface area contributed by atoms with Crippen molar-refractivity contribution in [2.24, 2.45) is 11.8 Å². The van der Waals surface area contributed by atoms with Gasteiger partial charge in [-0.1, -0.05) is 6.42 Å². The molecule has 1 saturated carbocycles. The Balaban J connectivity index is 1.56. The Labute approximate surface area is 102 Å². The molecule has 5 atom stereocenters. The molecule has 96 valence electrons. The summed E-state index contributed by atoms with van der Waals surface area (Å²) in [6, 6.07) is 1.20. The van der Waals surface area contributed by atoms with E-state index in [0.717, 1.165) is 32.1 Å². The lowest BCUT2D eigenvalue weighted by Crippen LogP contribution is -2.44. The number of fused-ring (bicyclic) bond motifs is 2. The Hall–Kier alpha value is -0.610. The summed E-state index contributed by atoms with van der Waals surface area (Å²) in [4.78, 5) is 12.2. The average Bonchev–Trinajstić information content (AvgIpc) is 3.03. The van der Waals surface area contributed by atoms with Crippen LogP contribution in [0.2, 0.25) is 0 Å². The second kappa shape index (κ2) is 4.58. The first-order valence-corrected chi connectivity index (χ1v) is 6.95. The van der Waals surface area contributed by atoms with Gasteiger partial charge in [0.25, 0.3) is 0 Å². The number of rotatable bonds is 3. The summed E-state index contributed by atoms with van der Waals surface area (Å²) in [5.41, 5.74) is 0. The Morgan fingerprint density at radius 3 is 2.82 bits per heavy atom. The minimum atomic E-state index is 0.175. The molecular weight excluding hydrogens is 216 g/mol. The average molecular weight is 238 g/mol. The largest absolute Gasteiger partial charge is 0.396 e. The van der Waals surface area contributed by atoms with Crippen LogP contribution >= 0.6 is 0 Å². The summed E-state index contributed by atoms with van der Waals surface area (Å²) in [5, 5.41) is 15.9. The highest BCUT2D eigenvalue weighted by Crippen LogP contribution is 2.34. The van der Waals surface area contributed by atoms with E-state index in [-0.39, 0.29) is 30.4 Å². The van der Waals surface area contributed by atoms with Crippen molar-refractivity contribution in [3.8, 4) is 0 Å². The lowest BCUT2D eigenvalue weighted by atomic mass is 9.88. The summed E-state index contributed by atoms with van der Waals surface area (Å²) >= 11 is 0. The smallest absolute Gasteiger partial charge is 0.224 e. The molecule has 4 nitrogen and oxygen atoms in total. The first-order chi connectivity index (χ1) is 8.28. The van der Waals surface area contributed by atoms with E-state index in [0.29, 0.717) is 12.1 Å². The van der Waals surface area contributed by atoms with Gasteiger partial charge < -0.3 is 15.7 Å². The number of amides is 1. The molecule has 0 aromatic heterocycles. The van der Waals surface area contributed by atoms with Gasteiger partial charge >= 0.3 is 0 Å². The Morgan fingerprint density at radius 2 is 2.18 bits per heavy atom.